The lowest BCUT2D eigenvalue weighted by molar-refractivity contribution is 0.303. The van der Waals surface area contributed by atoms with Crippen LogP contribution in [-0.2, 0) is 19.6 Å². The lowest BCUT2D eigenvalue weighted by Gasteiger charge is -2.15. The van der Waals surface area contributed by atoms with Crippen LogP contribution in [0.4, 0.5) is 4.39 Å². The van der Waals surface area contributed by atoms with E-state index in [1.165, 1.54) is 22.9 Å². The van der Waals surface area contributed by atoms with Crippen molar-refractivity contribution >= 4 is 10.8 Å². The first-order valence-corrected chi connectivity index (χ1v) is 9.92. The fourth-order valence-corrected chi connectivity index (χ4v) is 3.47. The SMILES string of the molecule is Fc1ccc(CCNCc2c(OCc3ccccc3)ccc3ccccc23)cc1. The summed E-state index contributed by atoms with van der Waals surface area (Å²) in [6.07, 6.45) is 0.852. The summed E-state index contributed by atoms with van der Waals surface area (Å²) in [5, 5.41) is 5.93. The van der Waals surface area contributed by atoms with Gasteiger partial charge in [0.1, 0.15) is 18.2 Å². The third-order valence-corrected chi connectivity index (χ3v) is 5.04. The lowest BCUT2D eigenvalue weighted by Crippen LogP contribution is -2.17. The van der Waals surface area contributed by atoms with Crippen LogP contribution in [0.15, 0.2) is 91.0 Å². The predicted octanol–water partition coefficient (Wildman–Crippen LogP) is 5.89. The summed E-state index contributed by atoms with van der Waals surface area (Å²) in [6, 6.07) is 29.4. The average Bonchev–Trinajstić information content (AvgIpc) is 2.77. The molecule has 0 aromatic heterocycles. The van der Waals surface area contributed by atoms with Gasteiger partial charge in [0.15, 0.2) is 0 Å². The molecule has 146 valence electrons. The lowest BCUT2D eigenvalue weighted by atomic mass is 10.0. The molecule has 0 heterocycles. The van der Waals surface area contributed by atoms with Crippen LogP contribution < -0.4 is 10.1 Å². The fraction of sp³-hybridized carbons (Fsp3) is 0.154. The summed E-state index contributed by atoms with van der Waals surface area (Å²) >= 11 is 0. The van der Waals surface area contributed by atoms with E-state index in [4.69, 9.17) is 4.74 Å². The Labute approximate surface area is 171 Å². The standard InChI is InChI=1S/C26H24FNO/c27-23-13-10-20(11-14-23)16-17-28-18-25-24-9-5-4-8-22(24)12-15-26(25)29-19-21-6-2-1-3-7-21/h1-15,28H,16-19H2. The van der Waals surface area contributed by atoms with Gasteiger partial charge in [0.05, 0.1) is 0 Å². The van der Waals surface area contributed by atoms with Crippen molar-refractivity contribution in [2.45, 2.75) is 19.6 Å². The highest BCUT2D eigenvalue weighted by atomic mass is 19.1. The van der Waals surface area contributed by atoms with Gasteiger partial charge in [-0.05, 0) is 53.1 Å². The van der Waals surface area contributed by atoms with Crippen LogP contribution in [0, 0.1) is 5.82 Å². The van der Waals surface area contributed by atoms with Crippen molar-refractivity contribution in [3.05, 3.63) is 114 Å². The normalized spacial score (nSPS) is 10.9. The van der Waals surface area contributed by atoms with Gasteiger partial charge in [0, 0.05) is 12.1 Å². The predicted molar refractivity (Wildman–Crippen MR) is 117 cm³/mol. The molecule has 3 heteroatoms. The zero-order chi connectivity index (χ0) is 19.9. The maximum absolute atomic E-state index is 13.1. The summed E-state index contributed by atoms with van der Waals surface area (Å²) < 4.78 is 19.2. The monoisotopic (exact) mass is 385 g/mol. The van der Waals surface area contributed by atoms with Crippen molar-refractivity contribution in [3.8, 4) is 5.75 Å². The zero-order valence-corrected chi connectivity index (χ0v) is 16.3. The molecule has 1 N–H and O–H groups in total. The van der Waals surface area contributed by atoms with Crippen LogP contribution >= 0.6 is 0 Å². The summed E-state index contributed by atoms with van der Waals surface area (Å²) in [6.45, 7) is 2.07. The van der Waals surface area contributed by atoms with Gasteiger partial charge < -0.3 is 10.1 Å². The molecule has 0 aliphatic rings. The largest absolute Gasteiger partial charge is 0.489 e. The van der Waals surface area contributed by atoms with E-state index in [1.807, 2.05) is 30.3 Å². The maximum Gasteiger partial charge on any atom is 0.124 e. The van der Waals surface area contributed by atoms with Gasteiger partial charge in [0.25, 0.3) is 0 Å². The van der Waals surface area contributed by atoms with Crippen molar-refractivity contribution < 1.29 is 9.13 Å². The topological polar surface area (TPSA) is 21.3 Å². The third kappa shape index (κ3) is 5.01. The van der Waals surface area contributed by atoms with Gasteiger partial charge in [-0.25, -0.2) is 4.39 Å². The summed E-state index contributed by atoms with van der Waals surface area (Å²) in [7, 11) is 0. The highest BCUT2D eigenvalue weighted by Crippen LogP contribution is 2.28. The molecular formula is C26H24FNO. The Morgan fingerprint density at radius 3 is 2.31 bits per heavy atom. The van der Waals surface area contributed by atoms with Crippen LogP contribution in [0.1, 0.15) is 16.7 Å². The van der Waals surface area contributed by atoms with E-state index in [9.17, 15) is 4.39 Å². The molecule has 0 saturated heterocycles. The highest BCUT2D eigenvalue weighted by Gasteiger charge is 2.09. The van der Waals surface area contributed by atoms with E-state index in [1.54, 1.807) is 0 Å². The van der Waals surface area contributed by atoms with E-state index < -0.39 is 0 Å². The van der Waals surface area contributed by atoms with E-state index in [0.717, 1.165) is 35.4 Å². The first-order valence-electron chi connectivity index (χ1n) is 9.92. The number of halogens is 1. The van der Waals surface area contributed by atoms with E-state index in [2.05, 4.69) is 53.8 Å². The number of benzene rings is 4. The number of ether oxygens (including phenoxy) is 1. The number of hydrogen-bond acceptors (Lipinski definition) is 2. The second-order valence-corrected chi connectivity index (χ2v) is 7.09. The van der Waals surface area contributed by atoms with Gasteiger partial charge in [0.2, 0.25) is 0 Å². The summed E-state index contributed by atoms with van der Waals surface area (Å²) in [5.41, 5.74) is 3.44. The molecule has 0 amide bonds. The Balaban J connectivity index is 1.47. The molecule has 0 aliphatic heterocycles. The van der Waals surface area contributed by atoms with Crippen LogP contribution in [-0.4, -0.2) is 6.54 Å². The highest BCUT2D eigenvalue weighted by molar-refractivity contribution is 5.87. The second kappa shape index (κ2) is 9.35. The first kappa shape index (κ1) is 19.2. The van der Waals surface area contributed by atoms with E-state index >= 15 is 0 Å². The van der Waals surface area contributed by atoms with Gasteiger partial charge in [-0.1, -0.05) is 72.8 Å². The van der Waals surface area contributed by atoms with Gasteiger partial charge in [-0.3, -0.25) is 0 Å². The molecule has 0 atom stereocenters. The van der Waals surface area contributed by atoms with Gasteiger partial charge in [-0.2, -0.15) is 0 Å². The molecule has 0 spiro atoms. The van der Waals surface area contributed by atoms with Crippen LogP contribution in [0.3, 0.4) is 0 Å². The Kier molecular flexibility index (Phi) is 6.18. The minimum absolute atomic E-state index is 0.197. The molecule has 29 heavy (non-hydrogen) atoms. The van der Waals surface area contributed by atoms with Crippen molar-refractivity contribution in [1.82, 2.24) is 5.32 Å². The minimum Gasteiger partial charge on any atom is -0.489 e. The molecule has 4 aromatic carbocycles. The maximum atomic E-state index is 13.1. The van der Waals surface area contributed by atoms with Crippen molar-refractivity contribution in [2.75, 3.05) is 6.54 Å². The smallest absolute Gasteiger partial charge is 0.124 e. The number of nitrogens with one attached hydrogen (secondary N) is 1. The van der Waals surface area contributed by atoms with Crippen LogP contribution in [0.2, 0.25) is 0 Å². The van der Waals surface area contributed by atoms with Crippen LogP contribution in [0.25, 0.3) is 10.8 Å². The van der Waals surface area contributed by atoms with Gasteiger partial charge >= 0.3 is 0 Å². The van der Waals surface area contributed by atoms with Crippen molar-refractivity contribution in [3.63, 3.8) is 0 Å². The van der Waals surface area contributed by atoms with Crippen LogP contribution in [0.5, 0.6) is 5.75 Å². The Bertz CT molecular complexity index is 1060. The molecule has 0 aliphatic carbocycles. The average molecular weight is 385 g/mol. The third-order valence-electron chi connectivity index (χ3n) is 5.04. The van der Waals surface area contributed by atoms with Crippen molar-refractivity contribution in [2.24, 2.45) is 0 Å². The second-order valence-electron chi connectivity index (χ2n) is 7.09. The molecule has 0 unspecified atom stereocenters. The Hall–Kier alpha value is -3.17. The summed E-state index contributed by atoms with van der Waals surface area (Å²) in [4.78, 5) is 0. The Morgan fingerprint density at radius 2 is 1.48 bits per heavy atom. The molecule has 0 bridgehead atoms. The van der Waals surface area contributed by atoms with Gasteiger partial charge in [-0.15, -0.1) is 0 Å². The van der Waals surface area contributed by atoms with E-state index in [-0.39, 0.29) is 5.82 Å². The van der Waals surface area contributed by atoms with Crippen molar-refractivity contribution in [1.29, 1.82) is 0 Å². The molecule has 2 nitrogen and oxygen atoms in total. The molecule has 4 rings (SSSR count). The number of hydrogen-bond donors (Lipinski definition) is 1. The Morgan fingerprint density at radius 1 is 0.724 bits per heavy atom. The molecule has 0 saturated carbocycles. The number of fused-ring (bicyclic) bond motifs is 1. The zero-order valence-electron chi connectivity index (χ0n) is 16.3. The minimum atomic E-state index is -0.197. The quantitative estimate of drug-likeness (QED) is 0.382. The number of rotatable bonds is 8. The molecule has 0 fully saturated rings. The molecule has 0 radical (unpaired) electrons. The van der Waals surface area contributed by atoms with E-state index in [0.29, 0.717) is 13.2 Å². The first-order chi connectivity index (χ1) is 14.3. The fourth-order valence-electron chi connectivity index (χ4n) is 3.47. The molecule has 4 aromatic rings. The summed E-state index contributed by atoms with van der Waals surface area (Å²) in [5.74, 6) is 0.708. The molecular weight excluding hydrogens is 361 g/mol.